The molecule has 0 spiro atoms. The second kappa shape index (κ2) is 3.84. The van der Waals surface area contributed by atoms with Crippen molar-refractivity contribution in [1.82, 2.24) is 4.98 Å². The molecule has 2 rings (SSSR count). The smallest absolute Gasteiger partial charge is 0.316 e. The molecule has 16 heavy (non-hydrogen) atoms. The molecule has 1 heterocycles. The number of thiazole rings is 1. The fraction of sp³-hybridized carbons (Fsp3) is 0.667. The number of carbonyl (C=O) groups is 1. The molecule has 0 radical (unpaired) electrons. The maximum Gasteiger partial charge on any atom is 0.316 e. The van der Waals surface area contributed by atoms with E-state index in [2.05, 4.69) is 4.98 Å². The normalized spacial score (nSPS) is 17.2. The Kier molecular flexibility index (Phi) is 2.78. The van der Waals surface area contributed by atoms with Crippen LogP contribution in [0.5, 0.6) is 0 Å². The highest BCUT2D eigenvalue weighted by Gasteiger charge is 2.35. The van der Waals surface area contributed by atoms with Gasteiger partial charge >= 0.3 is 5.97 Å². The van der Waals surface area contributed by atoms with Crippen molar-refractivity contribution < 1.29 is 9.90 Å². The summed E-state index contributed by atoms with van der Waals surface area (Å²) >= 11 is 1.54. The van der Waals surface area contributed by atoms with Crippen LogP contribution in [0.2, 0.25) is 0 Å². The van der Waals surface area contributed by atoms with Crippen molar-refractivity contribution in [2.24, 2.45) is 0 Å². The molecular weight excluding hydrogens is 222 g/mol. The summed E-state index contributed by atoms with van der Waals surface area (Å²) in [6.45, 7) is 5.49. The molecule has 0 atom stereocenters. The lowest BCUT2D eigenvalue weighted by molar-refractivity contribution is -0.142. The van der Waals surface area contributed by atoms with E-state index in [9.17, 15) is 9.90 Å². The third kappa shape index (κ3) is 1.75. The van der Waals surface area contributed by atoms with Gasteiger partial charge in [0.15, 0.2) is 0 Å². The quantitative estimate of drug-likeness (QED) is 0.881. The van der Waals surface area contributed by atoms with Crippen molar-refractivity contribution in [1.29, 1.82) is 0 Å². The Morgan fingerprint density at radius 3 is 2.56 bits per heavy atom. The predicted octanol–water partition coefficient (Wildman–Crippen LogP) is 3.08. The minimum Gasteiger partial charge on any atom is -0.481 e. The molecule has 0 aromatic carbocycles. The van der Waals surface area contributed by atoms with E-state index in [1.54, 1.807) is 13.8 Å². The van der Waals surface area contributed by atoms with E-state index < -0.39 is 11.4 Å². The van der Waals surface area contributed by atoms with Crippen LogP contribution in [0.25, 0.3) is 0 Å². The molecular formula is C12H17NO2S. The first-order valence-electron chi connectivity index (χ1n) is 5.64. The number of carboxylic acids is 1. The number of aryl methyl sites for hydroxylation is 1. The van der Waals surface area contributed by atoms with Gasteiger partial charge in [0.1, 0.15) is 10.4 Å². The lowest BCUT2D eigenvalue weighted by Crippen LogP contribution is -2.28. The van der Waals surface area contributed by atoms with Gasteiger partial charge in [0.2, 0.25) is 0 Å². The second-order valence-corrected chi connectivity index (χ2v) is 6.22. The summed E-state index contributed by atoms with van der Waals surface area (Å²) in [6, 6.07) is 0. The molecule has 1 saturated carbocycles. The molecule has 88 valence electrons. The molecule has 0 aliphatic heterocycles. The number of aliphatic carboxylic acids is 1. The lowest BCUT2D eigenvalue weighted by Gasteiger charge is -2.24. The van der Waals surface area contributed by atoms with Crippen LogP contribution in [0.1, 0.15) is 54.6 Å². The highest BCUT2D eigenvalue weighted by atomic mass is 32.1. The molecule has 1 aromatic rings. The summed E-state index contributed by atoms with van der Waals surface area (Å²) in [5.74, 6) is -0.226. The molecule has 0 amide bonds. The summed E-state index contributed by atoms with van der Waals surface area (Å²) in [4.78, 5) is 16.9. The molecule has 4 heteroatoms. The molecule has 0 bridgehead atoms. The topological polar surface area (TPSA) is 50.2 Å². The van der Waals surface area contributed by atoms with Crippen molar-refractivity contribution in [2.45, 2.75) is 51.4 Å². The molecule has 1 N–H and O–H groups in total. The van der Waals surface area contributed by atoms with Crippen molar-refractivity contribution in [2.75, 3.05) is 0 Å². The van der Waals surface area contributed by atoms with Crippen LogP contribution >= 0.6 is 11.3 Å². The van der Waals surface area contributed by atoms with E-state index in [-0.39, 0.29) is 0 Å². The Bertz CT molecular complexity index is 419. The van der Waals surface area contributed by atoms with Crippen LogP contribution in [-0.4, -0.2) is 16.1 Å². The minimum absolute atomic E-state index is 0.578. The highest BCUT2D eigenvalue weighted by Crippen LogP contribution is 2.40. The summed E-state index contributed by atoms with van der Waals surface area (Å²) in [5.41, 5.74) is 0.276. The standard InChI is InChI=1S/C12H17NO2S/c1-7-9(8-5-4-6-8)13-10(16-7)12(2,3)11(14)15/h8H,4-6H2,1-3H3,(H,14,15). The average molecular weight is 239 g/mol. The number of hydrogen-bond acceptors (Lipinski definition) is 3. The van der Waals surface area contributed by atoms with Gasteiger partial charge in [-0.25, -0.2) is 4.98 Å². The average Bonchev–Trinajstić information content (AvgIpc) is 2.45. The van der Waals surface area contributed by atoms with Crippen LogP contribution in [0.3, 0.4) is 0 Å². The van der Waals surface area contributed by atoms with Gasteiger partial charge in [-0.2, -0.15) is 0 Å². The first-order valence-corrected chi connectivity index (χ1v) is 6.45. The number of aromatic nitrogens is 1. The summed E-state index contributed by atoms with van der Waals surface area (Å²) in [6.07, 6.45) is 3.69. The minimum atomic E-state index is -0.864. The van der Waals surface area contributed by atoms with Gasteiger partial charge in [-0.1, -0.05) is 6.42 Å². The van der Waals surface area contributed by atoms with Gasteiger partial charge in [0.25, 0.3) is 0 Å². The van der Waals surface area contributed by atoms with Crippen LogP contribution in [0, 0.1) is 6.92 Å². The van der Waals surface area contributed by atoms with E-state index in [0.717, 1.165) is 10.7 Å². The third-order valence-corrected chi connectivity index (χ3v) is 4.70. The van der Waals surface area contributed by atoms with Gasteiger partial charge in [-0.3, -0.25) is 4.79 Å². The van der Waals surface area contributed by atoms with Crippen molar-refractivity contribution in [3.8, 4) is 0 Å². The Morgan fingerprint density at radius 1 is 1.50 bits per heavy atom. The van der Waals surface area contributed by atoms with Gasteiger partial charge in [-0.05, 0) is 33.6 Å². The van der Waals surface area contributed by atoms with Crippen LogP contribution in [0.4, 0.5) is 0 Å². The van der Waals surface area contributed by atoms with Gasteiger partial charge < -0.3 is 5.11 Å². The first kappa shape index (κ1) is 11.6. The summed E-state index contributed by atoms with van der Waals surface area (Å²) < 4.78 is 0. The van der Waals surface area contributed by atoms with Gasteiger partial charge in [-0.15, -0.1) is 11.3 Å². The fourth-order valence-electron chi connectivity index (χ4n) is 1.83. The van der Waals surface area contributed by atoms with E-state index in [0.29, 0.717) is 5.92 Å². The predicted molar refractivity (Wildman–Crippen MR) is 64.1 cm³/mol. The van der Waals surface area contributed by atoms with E-state index in [1.807, 2.05) is 6.92 Å². The Hall–Kier alpha value is -0.900. The van der Waals surface area contributed by atoms with Crippen LogP contribution in [0.15, 0.2) is 0 Å². The summed E-state index contributed by atoms with van der Waals surface area (Å²) in [5, 5.41) is 9.91. The van der Waals surface area contributed by atoms with Crippen molar-refractivity contribution >= 4 is 17.3 Å². The molecule has 1 aromatic heterocycles. The zero-order chi connectivity index (χ0) is 11.9. The number of hydrogen-bond donors (Lipinski definition) is 1. The van der Waals surface area contributed by atoms with E-state index in [4.69, 9.17) is 0 Å². The largest absolute Gasteiger partial charge is 0.481 e. The van der Waals surface area contributed by atoms with E-state index >= 15 is 0 Å². The number of carboxylic acid groups (broad SMARTS) is 1. The number of nitrogens with zero attached hydrogens (tertiary/aromatic N) is 1. The molecule has 1 aliphatic rings. The highest BCUT2D eigenvalue weighted by molar-refractivity contribution is 7.12. The van der Waals surface area contributed by atoms with Crippen molar-refractivity contribution in [3.63, 3.8) is 0 Å². The number of rotatable bonds is 3. The van der Waals surface area contributed by atoms with Crippen LogP contribution < -0.4 is 0 Å². The Balaban J connectivity index is 2.33. The van der Waals surface area contributed by atoms with Gasteiger partial charge in [0.05, 0.1) is 5.69 Å². The summed E-state index contributed by atoms with van der Waals surface area (Å²) in [7, 11) is 0. The molecule has 1 fully saturated rings. The molecule has 1 aliphatic carbocycles. The van der Waals surface area contributed by atoms with Crippen LogP contribution in [-0.2, 0) is 10.2 Å². The first-order chi connectivity index (χ1) is 7.43. The van der Waals surface area contributed by atoms with Gasteiger partial charge in [0, 0.05) is 10.8 Å². The van der Waals surface area contributed by atoms with Crippen molar-refractivity contribution in [3.05, 3.63) is 15.6 Å². The Labute approximate surface area is 99.5 Å². The molecule has 0 saturated heterocycles. The zero-order valence-corrected chi connectivity index (χ0v) is 10.7. The maximum atomic E-state index is 11.2. The SMILES string of the molecule is Cc1sc(C(C)(C)C(=O)O)nc1C1CCC1. The fourth-order valence-corrected chi connectivity index (χ4v) is 2.92. The molecule has 3 nitrogen and oxygen atoms in total. The second-order valence-electron chi connectivity index (χ2n) is 5.02. The Morgan fingerprint density at radius 2 is 2.12 bits per heavy atom. The van der Waals surface area contributed by atoms with E-state index in [1.165, 1.54) is 35.5 Å². The zero-order valence-electron chi connectivity index (χ0n) is 9.91. The maximum absolute atomic E-state index is 11.2. The third-order valence-electron chi connectivity index (χ3n) is 3.39. The molecule has 0 unspecified atom stereocenters. The monoisotopic (exact) mass is 239 g/mol. The lowest BCUT2D eigenvalue weighted by atomic mass is 9.82.